The van der Waals surface area contributed by atoms with Gasteiger partial charge in [-0.1, -0.05) is 0 Å². The molecule has 0 saturated carbocycles. The summed E-state index contributed by atoms with van der Waals surface area (Å²) in [5.74, 6) is 0. The van der Waals surface area contributed by atoms with E-state index in [0.717, 1.165) is 16.9 Å². The molecule has 1 aromatic carbocycles. The number of carbonyl (C=O) groups is 1. The number of nitrogens with zero attached hydrogens (tertiary/aromatic N) is 3. The molecule has 0 aliphatic carbocycles. The van der Waals surface area contributed by atoms with Crippen molar-refractivity contribution in [1.82, 2.24) is 9.78 Å². The molecule has 7 heteroatoms. The summed E-state index contributed by atoms with van der Waals surface area (Å²) in [5, 5.41) is 18.3. The SMILES string of the molecule is Cc1cc(NC(=O)Nc2cnn(CCO)c2)ccc1N(C)C. The van der Waals surface area contributed by atoms with Gasteiger partial charge in [0.1, 0.15) is 0 Å². The van der Waals surface area contributed by atoms with Gasteiger partial charge in [-0.15, -0.1) is 0 Å². The van der Waals surface area contributed by atoms with Crippen molar-refractivity contribution < 1.29 is 9.90 Å². The monoisotopic (exact) mass is 303 g/mol. The first-order valence-corrected chi connectivity index (χ1v) is 6.99. The highest BCUT2D eigenvalue weighted by Gasteiger charge is 2.07. The van der Waals surface area contributed by atoms with Crippen molar-refractivity contribution in [2.45, 2.75) is 13.5 Å². The molecule has 2 aromatic rings. The summed E-state index contributed by atoms with van der Waals surface area (Å²) in [6.07, 6.45) is 3.20. The summed E-state index contributed by atoms with van der Waals surface area (Å²) in [4.78, 5) is 14.0. The number of anilines is 3. The standard InChI is InChI=1S/C15H21N5O2/c1-11-8-12(4-5-14(11)19(2)3)17-15(22)18-13-9-16-20(10-13)6-7-21/h4-5,8-10,21H,6-7H2,1-3H3,(H2,17,18,22). The number of urea groups is 1. The number of hydrogen-bond donors (Lipinski definition) is 3. The number of benzene rings is 1. The Kier molecular flexibility index (Phi) is 5.00. The van der Waals surface area contributed by atoms with E-state index in [0.29, 0.717) is 12.2 Å². The Bertz CT molecular complexity index is 651. The molecule has 7 nitrogen and oxygen atoms in total. The van der Waals surface area contributed by atoms with Gasteiger partial charge in [0.05, 0.1) is 25.0 Å². The van der Waals surface area contributed by atoms with Gasteiger partial charge in [0, 0.05) is 31.7 Å². The summed E-state index contributed by atoms with van der Waals surface area (Å²) in [7, 11) is 3.96. The van der Waals surface area contributed by atoms with E-state index in [2.05, 4.69) is 15.7 Å². The summed E-state index contributed by atoms with van der Waals surface area (Å²) in [6.45, 7) is 2.40. The molecule has 0 fully saturated rings. The molecule has 2 amide bonds. The Hall–Kier alpha value is -2.54. The number of amides is 2. The topological polar surface area (TPSA) is 82.4 Å². The van der Waals surface area contributed by atoms with E-state index in [-0.39, 0.29) is 12.6 Å². The molecule has 0 aliphatic rings. The Balaban J connectivity index is 1.98. The number of hydrogen-bond acceptors (Lipinski definition) is 4. The quantitative estimate of drug-likeness (QED) is 0.788. The lowest BCUT2D eigenvalue weighted by Crippen LogP contribution is -2.19. The lowest BCUT2D eigenvalue weighted by molar-refractivity contribution is 0.262. The van der Waals surface area contributed by atoms with Crippen LogP contribution in [-0.4, -0.2) is 41.6 Å². The van der Waals surface area contributed by atoms with E-state index in [4.69, 9.17) is 5.11 Å². The van der Waals surface area contributed by atoms with E-state index in [1.54, 1.807) is 10.9 Å². The lowest BCUT2D eigenvalue weighted by atomic mass is 10.1. The molecule has 1 heterocycles. The summed E-state index contributed by atoms with van der Waals surface area (Å²) in [5.41, 5.74) is 3.49. The molecule has 1 aromatic heterocycles. The zero-order chi connectivity index (χ0) is 16.1. The maximum absolute atomic E-state index is 12.0. The molecule has 118 valence electrons. The van der Waals surface area contributed by atoms with Gasteiger partial charge in [-0.2, -0.15) is 5.10 Å². The molecule has 3 N–H and O–H groups in total. The van der Waals surface area contributed by atoms with Crippen LogP contribution < -0.4 is 15.5 Å². The predicted octanol–water partition coefficient (Wildman–Crippen LogP) is 1.89. The maximum atomic E-state index is 12.0. The molecular weight excluding hydrogens is 282 g/mol. The first kappa shape index (κ1) is 15.8. The van der Waals surface area contributed by atoms with Crippen molar-refractivity contribution in [3.63, 3.8) is 0 Å². The van der Waals surface area contributed by atoms with Crippen LogP contribution in [0.25, 0.3) is 0 Å². The molecular formula is C15H21N5O2. The van der Waals surface area contributed by atoms with Crippen molar-refractivity contribution in [1.29, 1.82) is 0 Å². The number of rotatable bonds is 5. The highest BCUT2D eigenvalue weighted by atomic mass is 16.3. The molecule has 0 spiro atoms. The van der Waals surface area contributed by atoms with Crippen LogP contribution in [-0.2, 0) is 6.54 Å². The van der Waals surface area contributed by atoms with E-state index in [9.17, 15) is 4.79 Å². The van der Waals surface area contributed by atoms with Crippen LogP contribution in [0.2, 0.25) is 0 Å². The smallest absolute Gasteiger partial charge is 0.323 e. The minimum atomic E-state index is -0.333. The molecule has 22 heavy (non-hydrogen) atoms. The second kappa shape index (κ2) is 6.95. The van der Waals surface area contributed by atoms with Crippen LogP contribution in [0, 0.1) is 6.92 Å². The second-order valence-corrected chi connectivity index (χ2v) is 5.19. The summed E-state index contributed by atoms with van der Waals surface area (Å²) < 4.78 is 1.56. The van der Waals surface area contributed by atoms with Gasteiger partial charge < -0.3 is 20.6 Å². The minimum Gasteiger partial charge on any atom is -0.394 e. The molecule has 0 aliphatic heterocycles. The molecule has 0 bridgehead atoms. The number of nitrogens with one attached hydrogen (secondary N) is 2. The van der Waals surface area contributed by atoms with E-state index in [1.807, 2.05) is 44.1 Å². The van der Waals surface area contributed by atoms with Crippen LogP contribution in [0.3, 0.4) is 0 Å². The third kappa shape index (κ3) is 3.98. The first-order chi connectivity index (χ1) is 10.5. The zero-order valence-electron chi connectivity index (χ0n) is 13.0. The lowest BCUT2D eigenvalue weighted by Gasteiger charge is -2.16. The van der Waals surface area contributed by atoms with Gasteiger partial charge in [-0.3, -0.25) is 4.68 Å². The Morgan fingerprint density at radius 1 is 1.32 bits per heavy atom. The Morgan fingerprint density at radius 3 is 2.68 bits per heavy atom. The van der Waals surface area contributed by atoms with Crippen molar-refractivity contribution >= 4 is 23.1 Å². The highest BCUT2D eigenvalue weighted by molar-refractivity contribution is 5.99. The van der Waals surface area contributed by atoms with Gasteiger partial charge >= 0.3 is 6.03 Å². The average Bonchev–Trinajstić information content (AvgIpc) is 2.86. The molecule has 0 atom stereocenters. The number of carbonyl (C=O) groups excluding carboxylic acids is 1. The van der Waals surface area contributed by atoms with Crippen molar-refractivity contribution in [3.8, 4) is 0 Å². The van der Waals surface area contributed by atoms with Crippen LogP contribution in [0.1, 0.15) is 5.56 Å². The van der Waals surface area contributed by atoms with E-state index >= 15 is 0 Å². The summed E-state index contributed by atoms with van der Waals surface area (Å²) >= 11 is 0. The zero-order valence-corrected chi connectivity index (χ0v) is 13.0. The predicted molar refractivity (Wildman–Crippen MR) is 87.5 cm³/mol. The first-order valence-electron chi connectivity index (χ1n) is 6.99. The van der Waals surface area contributed by atoms with Crippen LogP contribution in [0.15, 0.2) is 30.6 Å². The van der Waals surface area contributed by atoms with Crippen LogP contribution in [0.5, 0.6) is 0 Å². The summed E-state index contributed by atoms with van der Waals surface area (Å²) in [6, 6.07) is 5.41. The highest BCUT2D eigenvalue weighted by Crippen LogP contribution is 2.21. The minimum absolute atomic E-state index is 0.00478. The van der Waals surface area contributed by atoms with Crippen molar-refractivity contribution in [3.05, 3.63) is 36.2 Å². The number of aryl methyl sites for hydroxylation is 1. The van der Waals surface area contributed by atoms with Crippen LogP contribution >= 0.6 is 0 Å². The molecule has 0 saturated heterocycles. The fraction of sp³-hybridized carbons (Fsp3) is 0.333. The van der Waals surface area contributed by atoms with E-state index < -0.39 is 0 Å². The molecule has 2 rings (SSSR count). The second-order valence-electron chi connectivity index (χ2n) is 5.19. The largest absolute Gasteiger partial charge is 0.394 e. The molecule has 0 unspecified atom stereocenters. The van der Waals surface area contributed by atoms with E-state index in [1.165, 1.54) is 6.20 Å². The third-order valence-corrected chi connectivity index (χ3v) is 3.16. The van der Waals surface area contributed by atoms with Crippen LogP contribution in [0.4, 0.5) is 21.9 Å². The normalized spacial score (nSPS) is 10.4. The molecule has 0 radical (unpaired) electrons. The fourth-order valence-corrected chi connectivity index (χ4v) is 2.18. The maximum Gasteiger partial charge on any atom is 0.323 e. The van der Waals surface area contributed by atoms with Gasteiger partial charge in [0.15, 0.2) is 0 Å². The Labute approximate surface area is 129 Å². The Morgan fingerprint density at radius 2 is 2.05 bits per heavy atom. The van der Waals surface area contributed by atoms with Gasteiger partial charge in [-0.05, 0) is 30.7 Å². The van der Waals surface area contributed by atoms with Gasteiger partial charge in [0.2, 0.25) is 0 Å². The van der Waals surface area contributed by atoms with Crippen molar-refractivity contribution in [2.24, 2.45) is 0 Å². The number of aliphatic hydroxyl groups excluding tert-OH is 1. The van der Waals surface area contributed by atoms with Crippen molar-refractivity contribution in [2.75, 3.05) is 36.2 Å². The average molecular weight is 303 g/mol. The third-order valence-electron chi connectivity index (χ3n) is 3.16. The van der Waals surface area contributed by atoms with Gasteiger partial charge in [-0.25, -0.2) is 4.79 Å². The number of aromatic nitrogens is 2. The fourth-order valence-electron chi connectivity index (χ4n) is 2.18. The van der Waals surface area contributed by atoms with Gasteiger partial charge in [0.25, 0.3) is 0 Å². The number of aliphatic hydroxyl groups is 1.